The lowest BCUT2D eigenvalue weighted by atomic mass is 9.99. The Kier molecular flexibility index (Phi) is 5.27. The molecule has 1 amide bonds. The van der Waals surface area contributed by atoms with Crippen molar-refractivity contribution in [2.24, 2.45) is 0 Å². The Balaban J connectivity index is 1.55. The molecule has 1 atom stereocenters. The highest BCUT2D eigenvalue weighted by Gasteiger charge is 2.45. The number of amides is 1. The number of anilines is 2. The van der Waals surface area contributed by atoms with Gasteiger partial charge in [-0.15, -0.1) is 0 Å². The summed E-state index contributed by atoms with van der Waals surface area (Å²) in [5.41, 5.74) is 0.298. The van der Waals surface area contributed by atoms with E-state index < -0.39 is 5.60 Å². The summed E-state index contributed by atoms with van der Waals surface area (Å²) in [6, 6.07) is 0. The average Bonchev–Trinajstić information content (AvgIpc) is 3.26. The van der Waals surface area contributed by atoms with Gasteiger partial charge in [-0.2, -0.15) is 4.98 Å². The summed E-state index contributed by atoms with van der Waals surface area (Å²) >= 11 is 6.54. The molecule has 3 aliphatic heterocycles. The summed E-state index contributed by atoms with van der Waals surface area (Å²) in [6.45, 7) is 12.8. The van der Waals surface area contributed by atoms with Crippen molar-refractivity contribution in [3.8, 4) is 0 Å². The molecule has 4 rings (SSSR count). The van der Waals surface area contributed by atoms with E-state index in [0.29, 0.717) is 37.4 Å². The fourth-order valence-corrected chi connectivity index (χ4v) is 4.54. The van der Waals surface area contributed by atoms with Crippen molar-refractivity contribution >= 4 is 29.5 Å². The molecule has 1 aromatic heterocycles. The SMILES string of the molecule is CC(C)(C)OC(=O)N1CCC(C)(N2CCc3c(Cl)nc(N4CCOCC4)nc32)C1. The third-order valence-corrected chi connectivity index (χ3v) is 6.13. The van der Waals surface area contributed by atoms with Gasteiger partial charge in [-0.3, -0.25) is 0 Å². The minimum absolute atomic E-state index is 0.206. The van der Waals surface area contributed by atoms with E-state index in [4.69, 9.17) is 26.1 Å². The van der Waals surface area contributed by atoms with Gasteiger partial charge < -0.3 is 24.2 Å². The van der Waals surface area contributed by atoms with Crippen LogP contribution in [0.1, 0.15) is 39.7 Å². The first kappa shape index (κ1) is 20.5. The summed E-state index contributed by atoms with van der Waals surface area (Å²) in [5, 5.41) is 0.532. The van der Waals surface area contributed by atoms with Crippen molar-refractivity contribution in [2.75, 3.05) is 55.7 Å². The molecule has 29 heavy (non-hydrogen) atoms. The van der Waals surface area contributed by atoms with Gasteiger partial charge in [-0.05, 0) is 40.5 Å². The molecule has 1 aromatic rings. The predicted octanol–water partition coefficient (Wildman–Crippen LogP) is 2.73. The van der Waals surface area contributed by atoms with Crippen molar-refractivity contribution in [2.45, 2.75) is 51.7 Å². The van der Waals surface area contributed by atoms with E-state index in [1.807, 2.05) is 20.8 Å². The van der Waals surface area contributed by atoms with Crippen LogP contribution in [-0.2, 0) is 15.9 Å². The molecular formula is C20H30ClN5O3. The third-order valence-electron chi connectivity index (χ3n) is 5.81. The number of hydrogen-bond acceptors (Lipinski definition) is 7. The Morgan fingerprint density at radius 1 is 1.17 bits per heavy atom. The van der Waals surface area contributed by atoms with Gasteiger partial charge in [0.1, 0.15) is 16.6 Å². The molecular weight excluding hydrogens is 394 g/mol. The van der Waals surface area contributed by atoms with Crippen LogP contribution in [0.3, 0.4) is 0 Å². The summed E-state index contributed by atoms with van der Waals surface area (Å²) in [7, 11) is 0. The number of nitrogens with zero attached hydrogens (tertiary/aromatic N) is 5. The molecule has 2 fully saturated rings. The van der Waals surface area contributed by atoms with Crippen LogP contribution < -0.4 is 9.80 Å². The van der Waals surface area contributed by atoms with E-state index in [9.17, 15) is 4.79 Å². The van der Waals surface area contributed by atoms with Crippen molar-refractivity contribution in [3.63, 3.8) is 0 Å². The monoisotopic (exact) mass is 423 g/mol. The average molecular weight is 424 g/mol. The second-order valence-corrected chi connectivity index (χ2v) is 9.62. The van der Waals surface area contributed by atoms with Gasteiger partial charge in [-0.25, -0.2) is 9.78 Å². The normalized spacial score (nSPS) is 24.8. The summed E-state index contributed by atoms with van der Waals surface area (Å²) < 4.78 is 11.0. The number of fused-ring (bicyclic) bond motifs is 1. The quantitative estimate of drug-likeness (QED) is 0.677. The number of halogens is 1. The Hall–Kier alpha value is -1.80. The lowest BCUT2D eigenvalue weighted by molar-refractivity contribution is 0.0285. The fourth-order valence-electron chi connectivity index (χ4n) is 4.28. The van der Waals surface area contributed by atoms with Crippen molar-refractivity contribution in [1.82, 2.24) is 14.9 Å². The van der Waals surface area contributed by atoms with Crippen LogP contribution >= 0.6 is 11.6 Å². The van der Waals surface area contributed by atoms with Crippen LogP contribution in [0.25, 0.3) is 0 Å². The van der Waals surface area contributed by atoms with Gasteiger partial charge >= 0.3 is 6.09 Å². The highest BCUT2D eigenvalue weighted by molar-refractivity contribution is 6.30. The maximum absolute atomic E-state index is 12.5. The van der Waals surface area contributed by atoms with Gasteiger partial charge in [0.2, 0.25) is 5.95 Å². The van der Waals surface area contributed by atoms with Gasteiger partial charge in [0.15, 0.2) is 0 Å². The smallest absolute Gasteiger partial charge is 0.410 e. The molecule has 160 valence electrons. The van der Waals surface area contributed by atoms with E-state index >= 15 is 0 Å². The van der Waals surface area contributed by atoms with E-state index in [2.05, 4.69) is 21.7 Å². The van der Waals surface area contributed by atoms with E-state index in [-0.39, 0.29) is 11.6 Å². The molecule has 3 aliphatic rings. The van der Waals surface area contributed by atoms with Gasteiger partial charge in [0.05, 0.1) is 18.8 Å². The molecule has 0 aliphatic carbocycles. The first-order valence-electron chi connectivity index (χ1n) is 10.3. The first-order chi connectivity index (χ1) is 13.7. The largest absolute Gasteiger partial charge is 0.444 e. The molecule has 0 bridgehead atoms. The Bertz CT molecular complexity index is 793. The second-order valence-electron chi connectivity index (χ2n) is 9.27. The summed E-state index contributed by atoms with van der Waals surface area (Å²) in [6.07, 6.45) is 1.43. The van der Waals surface area contributed by atoms with Crippen molar-refractivity contribution < 1.29 is 14.3 Å². The Morgan fingerprint density at radius 2 is 1.90 bits per heavy atom. The predicted molar refractivity (Wildman–Crippen MR) is 112 cm³/mol. The van der Waals surface area contributed by atoms with Crippen molar-refractivity contribution in [3.05, 3.63) is 10.7 Å². The fraction of sp³-hybridized carbons (Fsp3) is 0.750. The number of carbonyl (C=O) groups is 1. The maximum atomic E-state index is 12.5. The Morgan fingerprint density at radius 3 is 2.59 bits per heavy atom. The van der Waals surface area contributed by atoms with Crippen LogP contribution in [0.5, 0.6) is 0 Å². The number of hydrogen-bond donors (Lipinski definition) is 0. The number of likely N-dealkylation sites (tertiary alicyclic amines) is 1. The van der Waals surface area contributed by atoms with Crippen LogP contribution in [0, 0.1) is 0 Å². The van der Waals surface area contributed by atoms with Crippen molar-refractivity contribution in [1.29, 1.82) is 0 Å². The molecule has 8 nitrogen and oxygen atoms in total. The number of morpholine rings is 1. The van der Waals surface area contributed by atoms with Crippen LogP contribution in [0.4, 0.5) is 16.6 Å². The highest BCUT2D eigenvalue weighted by atomic mass is 35.5. The van der Waals surface area contributed by atoms with Gasteiger partial charge in [-0.1, -0.05) is 11.6 Å². The maximum Gasteiger partial charge on any atom is 0.410 e. The van der Waals surface area contributed by atoms with Crippen LogP contribution in [0.2, 0.25) is 5.15 Å². The van der Waals surface area contributed by atoms with Crippen LogP contribution in [-0.4, -0.2) is 78.0 Å². The lowest BCUT2D eigenvalue weighted by Crippen LogP contribution is -2.49. The molecule has 0 saturated carbocycles. The zero-order chi connectivity index (χ0) is 20.8. The van der Waals surface area contributed by atoms with E-state index in [1.165, 1.54) is 0 Å². The number of carbonyl (C=O) groups excluding carboxylic acids is 1. The molecule has 1 unspecified atom stereocenters. The summed E-state index contributed by atoms with van der Waals surface area (Å²) in [5.74, 6) is 1.56. The molecule has 0 spiro atoms. The molecule has 4 heterocycles. The zero-order valence-electron chi connectivity index (χ0n) is 17.7. The molecule has 0 N–H and O–H groups in total. The third kappa shape index (κ3) is 4.10. The molecule has 0 aromatic carbocycles. The highest BCUT2D eigenvalue weighted by Crippen LogP contribution is 2.40. The van der Waals surface area contributed by atoms with E-state index in [1.54, 1.807) is 4.90 Å². The second kappa shape index (κ2) is 7.47. The van der Waals surface area contributed by atoms with Gasteiger partial charge in [0.25, 0.3) is 0 Å². The zero-order valence-corrected chi connectivity index (χ0v) is 18.5. The Labute approximate surface area is 177 Å². The summed E-state index contributed by atoms with van der Waals surface area (Å²) in [4.78, 5) is 28.2. The standard InChI is InChI=1S/C20H30ClN5O3/c1-19(2,3)29-18(27)25-8-6-20(4,13-25)26-7-5-14-15(21)22-17(23-16(14)26)24-9-11-28-12-10-24/h5-13H2,1-4H3. The molecule has 0 radical (unpaired) electrons. The minimum Gasteiger partial charge on any atom is -0.444 e. The number of aromatic nitrogens is 2. The molecule has 9 heteroatoms. The number of ether oxygens (including phenoxy) is 2. The number of rotatable bonds is 2. The topological polar surface area (TPSA) is 71.0 Å². The molecule has 2 saturated heterocycles. The van der Waals surface area contributed by atoms with Gasteiger partial charge in [0, 0.05) is 38.3 Å². The van der Waals surface area contributed by atoms with E-state index in [0.717, 1.165) is 43.9 Å². The minimum atomic E-state index is -0.496. The first-order valence-corrected chi connectivity index (χ1v) is 10.7. The lowest BCUT2D eigenvalue weighted by Gasteiger charge is -2.37. The van der Waals surface area contributed by atoms with Crippen LogP contribution in [0.15, 0.2) is 0 Å².